The number of hydrogen-bond donors (Lipinski definition) is 0. The highest BCUT2D eigenvalue weighted by Crippen LogP contribution is 2.16. The van der Waals surface area contributed by atoms with Gasteiger partial charge in [0.05, 0.1) is 13.7 Å². The monoisotopic (exact) mass is 291 g/mol. The highest BCUT2D eigenvalue weighted by Gasteiger charge is 2.23. The fourth-order valence-electron chi connectivity index (χ4n) is 1.70. The number of carbonyl (C=O) groups excluding carboxylic acids is 1. The van der Waals surface area contributed by atoms with Crippen LogP contribution in [0.2, 0.25) is 0 Å². The van der Waals surface area contributed by atoms with E-state index in [2.05, 4.69) is 15.1 Å². The molecule has 0 N–H and O–H groups in total. The lowest BCUT2D eigenvalue weighted by molar-refractivity contribution is -0.145. The Morgan fingerprint density at radius 1 is 1.43 bits per heavy atom. The van der Waals surface area contributed by atoms with Crippen LogP contribution in [0.15, 0.2) is 22.9 Å². The maximum Gasteiger partial charge on any atom is 0.318 e. The van der Waals surface area contributed by atoms with Gasteiger partial charge in [-0.2, -0.15) is 4.98 Å². The van der Waals surface area contributed by atoms with Crippen LogP contribution in [0.4, 0.5) is 0 Å². The normalized spacial score (nSPS) is 12.0. The van der Waals surface area contributed by atoms with E-state index in [4.69, 9.17) is 14.0 Å². The Bertz CT molecular complexity index is 595. The number of aromatic nitrogens is 3. The highest BCUT2D eigenvalue weighted by atomic mass is 16.5. The molecule has 2 aromatic heterocycles. The molecular weight excluding hydrogens is 274 g/mol. The van der Waals surface area contributed by atoms with E-state index in [0.29, 0.717) is 24.7 Å². The van der Waals surface area contributed by atoms with Crippen LogP contribution in [-0.2, 0) is 16.0 Å². The first kappa shape index (κ1) is 15.0. The molecule has 7 heteroatoms. The molecule has 21 heavy (non-hydrogen) atoms. The Balaban J connectivity index is 2.03. The average molecular weight is 291 g/mol. The molecule has 0 aliphatic rings. The molecule has 112 valence electrons. The van der Waals surface area contributed by atoms with Crippen molar-refractivity contribution >= 4 is 5.97 Å². The summed E-state index contributed by atoms with van der Waals surface area (Å²) in [6, 6.07) is 3.63. The summed E-state index contributed by atoms with van der Waals surface area (Å²) in [6.07, 6.45) is 2.15. The second-order valence-electron chi connectivity index (χ2n) is 4.41. The lowest BCUT2D eigenvalue weighted by atomic mass is 10.2. The Kier molecular flexibility index (Phi) is 4.86. The van der Waals surface area contributed by atoms with Gasteiger partial charge in [-0.25, -0.2) is 4.98 Å². The number of pyridine rings is 1. The van der Waals surface area contributed by atoms with E-state index in [9.17, 15) is 4.79 Å². The number of rotatable bonds is 6. The maximum absolute atomic E-state index is 11.6. The third-order valence-electron chi connectivity index (χ3n) is 2.86. The Hall–Kier alpha value is -2.44. The largest absolute Gasteiger partial charge is 0.481 e. The topological polar surface area (TPSA) is 87.3 Å². The molecule has 2 rings (SSSR count). The molecule has 0 spiro atoms. The number of carbonyl (C=O) groups is 1. The summed E-state index contributed by atoms with van der Waals surface area (Å²) >= 11 is 0. The highest BCUT2D eigenvalue weighted by molar-refractivity contribution is 5.76. The molecule has 0 radical (unpaired) electrons. The summed E-state index contributed by atoms with van der Waals surface area (Å²) < 4.78 is 15.0. The van der Waals surface area contributed by atoms with Crippen molar-refractivity contribution in [1.29, 1.82) is 0 Å². The van der Waals surface area contributed by atoms with Gasteiger partial charge in [0.2, 0.25) is 11.8 Å². The van der Waals surface area contributed by atoms with Crippen LogP contribution in [0.25, 0.3) is 0 Å². The summed E-state index contributed by atoms with van der Waals surface area (Å²) in [5.41, 5.74) is 0.923. The zero-order valence-electron chi connectivity index (χ0n) is 12.2. The molecular formula is C14H17N3O4. The average Bonchev–Trinajstić information content (AvgIpc) is 2.96. The standard InChI is InChI=1S/C14H17N3O4/c1-4-20-14(18)9(2)13-16-11(17-21-13)7-10-5-6-12(19-3)15-8-10/h5-6,8-9H,4,7H2,1-3H3. The van der Waals surface area contributed by atoms with E-state index in [1.165, 1.54) is 0 Å². The molecule has 0 bridgehead atoms. The zero-order valence-corrected chi connectivity index (χ0v) is 12.2. The molecule has 0 aromatic carbocycles. The van der Waals surface area contributed by atoms with Crippen molar-refractivity contribution in [2.24, 2.45) is 0 Å². The Morgan fingerprint density at radius 3 is 2.86 bits per heavy atom. The lowest BCUT2D eigenvalue weighted by Crippen LogP contribution is -2.13. The minimum Gasteiger partial charge on any atom is -0.481 e. The molecule has 0 saturated carbocycles. The zero-order chi connectivity index (χ0) is 15.2. The van der Waals surface area contributed by atoms with Gasteiger partial charge in [-0.3, -0.25) is 4.79 Å². The van der Waals surface area contributed by atoms with Crippen LogP contribution in [0.3, 0.4) is 0 Å². The van der Waals surface area contributed by atoms with Crippen LogP contribution in [0, 0.1) is 0 Å². The smallest absolute Gasteiger partial charge is 0.318 e. The summed E-state index contributed by atoms with van der Waals surface area (Å²) in [5, 5.41) is 3.86. The Labute approximate surface area is 122 Å². The van der Waals surface area contributed by atoms with Crippen LogP contribution in [0.1, 0.15) is 37.0 Å². The van der Waals surface area contributed by atoms with E-state index >= 15 is 0 Å². The first-order valence-electron chi connectivity index (χ1n) is 6.62. The van der Waals surface area contributed by atoms with Crippen LogP contribution < -0.4 is 4.74 Å². The molecule has 0 saturated heterocycles. The van der Waals surface area contributed by atoms with Crippen molar-refractivity contribution in [2.75, 3.05) is 13.7 Å². The minimum absolute atomic E-state index is 0.255. The van der Waals surface area contributed by atoms with Crippen molar-refractivity contribution < 1.29 is 18.8 Å². The van der Waals surface area contributed by atoms with Crippen molar-refractivity contribution in [2.45, 2.75) is 26.2 Å². The SMILES string of the molecule is CCOC(=O)C(C)c1nc(Cc2ccc(OC)nc2)no1. The molecule has 0 amide bonds. The van der Waals surface area contributed by atoms with Crippen LogP contribution in [0.5, 0.6) is 5.88 Å². The van der Waals surface area contributed by atoms with Crippen LogP contribution in [-0.4, -0.2) is 34.8 Å². The molecule has 7 nitrogen and oxygen atoms in total. The molecule has 2 heterocycles. The number of ether oxygens (including phenoxy) is 2. The van der Waals surface area contributed by atoms with Crippen molar-refractivity contribution in [3.63, 3.8) is 0 Å². The van der Waals surface area contributed by atoms with Gasteiger partial charge in [0.15, 0.2) is 5.82 Å². The van der Waals surface area contributed by atoms with Crippen molar-refractivity contribution in [3.8, 4) is 5.88 Å². The second-order valence-corrected chi connectivity index (χ2v) is 4.41. The van der Waals surface area contributed by atoms with Crippen LogP contribution >= 0.6 is 0 Å². The van der Waals surface area contributed by atoms with Gasteiger partial charge in [-0.05, 0) is 19.4 Å². The quantitative estimate of drug-likeness (QED) is 0.749. The van der Waals surface area contributed by atoms with E-state index < -0.39 is 5.92 Å². The Morgan fingerprint density at radius 2 is 2.24 bits per heavy atom. The number of hydrogen-bond acceptors (Lipinski definition) is 7. The van der Waals surface area contributed by atoms with Crippen molar-refractivity contribution in [1.82, 2.24) is 15.1 Å². The van der Waals surface area contributed by atoms with Gasteiger partial charge in [0, 0.05) is 18.7 Å². The van der Waals surface area contributed by atoms with Gasteiger partial charge in [0.25, 0.3) is 0 Å². The predicted molar refractivity (Wildman–Crippen MR) is 72.9 cm³/mol. The fourth-order valence-corrected chi connectivity index (χ4v) is 1.70. The summed E-state index contributed by atoms with van der Waals surface area (Å²) in [4.78, 5) is 19.9. The molecule has 1 unspecified atom stereocenters. The third kappa shape index (κ3) is 3.77. The predicted octanol–water partition coefficient (Wildman–Crippen LogP) is 1.73. The first-order chi connectivity index (χ1) is 10.1. The fraction of sp³-hybridized carbons (Fsp3) is 0.429. The molecule has 1 atom stereocenters. The van der Waals surface area contributed by atoms with E-state index in [1.54, 1.807) is 33.2 Å². The van der Waals surface area contributed by atoms with Gasteiger partial charge in [0.1, 0.15) is 5.92 Å². The minimum atomic E-state index is -0.569. The second kappa shape index (κ2) is 6.83. The van der Waals surface area contributed by atoms with Crippen molar-refractivity contribution in [3.05, 3.63) is 35.6 Å². The molecule has 0 fully saturated rings. The van der Waals surface area contributed by atoms with Gasteiger partial charge >= 0.3 is 5.97 Å². The first-order valence-corrected chi connectivity index (χ1v) is 6.62. The lowest BCUT2D eigenvalue weighted by Gasteiger charge is -2.04. The number of methoxy groups -OCH3 is 1. The molecule has 2 aromatic rings. The molecule has 0 aliphatic heterocycles. The van der Waals surface area contributed by atoms with E-state index in [-0.39, 0.29) is 11.9 Å². The summed E-state index contributed by atoms with van der Waals surface area (Å²) in [6.45, 7) is 3.74. The number of esters is 1. The van der Waals surface area contributed by atoms with E-state index in [0.717, 1.165) is 5.56 Å². The van der Waals surface area contributed by atoms with Gasteiger partial charge < -0.3 is 14.0 Å². The van der Waals surface area contributed by atoms with E-state index in [1.807, 2.05) is 6.07 Å². The maximum atomic E-state index is 11.6. The van der Waals surface area contributed by atoms with Gasteiger partial charge in [-0.1, -0.05) is 11.2 Å². The summed E-state index contributed by atoms with van der Waals surface area (Å²) in [5.74, 6) is 0.348. The number of nitrogens with zero attached hydrogens (tertiary/aromatic N) is 3. The van der Waals surface area contributed by atoms with Gasteiger partial charge in [-0.15, -0.1) is 0 Å². The third-order valence-corrected chi connectivity index (χ3v) is 2.86. The summed E-state index contributed by atoms with van der Waals surface area (Å²) in [7, 11) is 1.56. The molecule has 0 aliphatic carbocycles.